The van der Waals surface area contributed by atoms with Gasteiger partial charge in [-0.1, -0.05) is 67.6 Å². The van der Waals surface area contributed by atoms with E-state index >= 15 is 0 Å². The molecule has 2 aromatic carbocycles. The van der Waals surface area contributed by atoms with Crippen molar-refractivity contribution in [3.05, 3.63) is 71.8 Å². The molecule has 2 aromatic rings. The number of hydrogen-bond donors (Lipinski definition) is 1. The molecule has 0 spiro atoms. The van der Waals surface area contributed by atoms with Crippen LogP contribution in [-0.2, 0) is 32.3 Å². The van der Waals surface area contributed by atoms with Gasteiger partial charge in [0.25, 0.3) is 0 Å². The minimum absolute atomic E-state index is 0.00980. The number of ether oxygens (including phenoxy) is 2. The molecular formula is C27H32O5. The Morgan fingerprint density at radius 1 is 0.906 bits per heavy atom. The summed E-state index contributed by atoms with van der Waals surface area (Å²) in [7, 11) is 0. The van der Waals surface area contributed by atoms with Crippen LogP contribution in [0.5, 0.6) is 0 Å². The maximum absolute atomic E-state index is 12.5. The van der Waals surface area contributed by atoms with Crippen molar-refractivity contribution in [3.63, 3.8) is 0 Å². The topological polar surface area (TPSA) is 72.8 Å². The van der Waals surface area contributed by atoms with Crippen LogP contribution in [0.2, 0.25) is 0 Å². The van der Waals surface area contributed by atoms with Gasteiger partial charge in [-0.2, -0.15) is 0 Å². The lowest BCUT2D eigenvalue weighted by Gasteiger charge is -2.52. The van der Waals surface area contributed by atoms with Crippen molar-refractivity contribution in [1.29, 1.82) is 0 Å². The van der Waals surface area contributed by atoms with Crippen molar-refractivity contribution in [2.45, 2.75) is 58.2 Å². The van der Waals surface area contributed by atoms with E-state index in [2.05, 4.69) is 0 Å². The van der Waals surface area contributed by atoms with Gasteiger partial charge in [-0.25, -0.2) is 0 Å². The van der Waals surface area contributed by atoms with Crippen LogP contribution in [0.1, 0.15) is 37.8 Å². The van der Waals surface area contributed by atoms with Gasteiger partial charge in [0, 0.05) is 36.5 Å². The Labute approximate surface area is 189 Å². The monoisotopic (exact) mass is 436 g/mol. The van der Waals surface area contributed by atoms with Gasteiger partial charge >= 0.3 is 0 Å². The summed E-state index contributed by atoms with van der Waals surface area (Å²) in [5, 5.41) is 11.3. The van der Waals surface area contributed by atoms with Crippen LogP contribution in [-0.4, -0.2) is 35.0 Å². The third kappa shape index (κ3) is 4.85. The molecule has 5 heteroatoms. The van der Waals surface area contributed by atoms with Gasteiger partial charge in [0.15, 0.2) is 0 Å². The van der Waals surface area contributed by atoms with E-state index in [9.17, 15) is 14.7 Å². The van der Waals surface area contributed by atoms with E-state index in [-0.39, 0.29) is 48.3 Å². The maximum Gasteiger partial charge on any atom is 0.134 e. The zero-order valence-electron chi connectivity index (χ0n) is 18.7. The van der Waals surface area contributed by atoms with Crippen LogP contribution in [0.15, 0.2) is 60.7 Å². The molecule has 7 atom stereocenters. The number of rotatable bonds is 7. The fraction of sp³-hybridized carbons (Fsp3) is 0.481. The summed E-state index contributed by atoms with van der Waals surface area (Å²) in [5.41, 5.74) is 2.08. The van der Waals surface area contributed by atoms with Crippen LogP contribution in [0.3, 0.4) is 0 Å². The predicted molar refractivity (Wildman–Crippen MR) is 121 cm³/mol. The van der Waals surface area contributed by atoms with E-state index in [1.54, 1.807) is 6.92 Å². The van der Waals surface area contributed by atoms with Crippen molar-refractivity contribution >= 4 is 11.6 Å². The molecule has 4 rings (SSSR count). The average Bonchev–Trinajstić information content (AvgIpc) is 2.80. The highest BCUT2D eigenvalue weighted by molar-refractivity contribution is 5.88. The lowest BCUT2D eigenvalue weighted by Crippen LogP contribution is -2.60. The summed E-state index contributed by atoms with van der Waals surface area (Å²) in [6.07, 6.45) is -1.08. The van der Waals surface area contributed by atoms with Gasteiger partial charge in [-0.15, -0.1) is 0 Å². The highest BCUT2D eigenvalue weighted by Gasteiger charge is 2.55. The molecule has 170 valence electrons. The van der Waals surface area contributed by atoms with Gasteiger partial charge in [0.05, 0.1) is 31.5 Å². The molecular weight excluding hydrogens is 404 g/mol. The van der Waals surface area contributed by atoms with Crippen LogP contribution >= 0.6 is 0 Å². The first kappa shape index (κ1) is 22.8. The summed E-state index contributed by atoms with van der Waals surface area (Å²) in [4.78, 5) is 25.0. The number of ketones is 2. The molecule has 0 bridgehead atoms. The van der Waals surface area contributed by atoms with Crippen molar-refractivity contribution in [3.8, 4) is 0 Å². The molecule has 32 heavy (non-hydrogen) atoms. The molecule has 1 N–H and O–H groups in total. The standard InChI is InChI=1S/C27H32O5/c1-17-26(31-15-19-9-5-3-6-10-19)24-22(18(2)28)13-21(29)14-23(24)25(30)27(17)32-16-20-11-7-4-8-12-20/h3-12,17,22-27,30H,13-16H2,1-2H3/t17-,22+,23-,24+,25-,26-,27-/m1/s1. The highest BCUT2D eigenvalue weighted by atomic mass is 16.5. The Hall–Kier alpha value is -2.34. The second-order valence-electron chi connectivity index (χ2n) is 9.28. The summed E-state index contributed by atoms with van der Waals surface area (Å²) in [6.45, 7) is 4.36. The summed E-state index contributed by atoms with van der Waals surface area (Å²) in [5.74, 6) is -1.07. The van der Waals surface area contributed by atoms with Gasteiger partial charge in [-0.3, -0.25) is 9.59 Å². The number of carbonyl (C=O) groups excluding carboxylic acids is 2. The molecule has 2 aliphatic carbocycles. The number of fused-ring (bicyclic) bond motifs is 1. The normalized spacial score (nSPS) is 32.3. The van der Waals surface area contributed by atoms with E-state index in [1.807, 2.05) is 67.6 Å². The number of aliphatic hydroxyl groups is 1. The molecule has 2 saturated carbocycles. The minimum Gasteiger partial charge on any atom is -0.390 e. The number of Topliss-reactive ketones (excluding diaryl/α,β-unsaturated/α-hetero) is 2. The Morgan fingerprint density at radius 2 is 1.44 bits per heavy atom. The third-order valence-electron chi connectivity index (χ3n) is 7.15. The summed E-state index contributed by atoms with van der Waals surface area (Å²) < 4.78 is 12.7. The second-order valence-corrected chi connectivity index (χ2v) is 9.28. The maximum atomic E-state index is 12.5. The fourth-order valence-corrected chi connectivity index (χ4v) is 5.54. The van der Waals surface area contributed by atoms with Crippen molar-refractivity contribution in [2.24, 2.45) is 23.7 Å². The summed E-state index contributed by atoms with van der Waals surface area (Å²) >= 11 is 0. The van der Waals surface area contributed by atoms with Crippen LogP contribution in [0.4, 0.5) is 0 Å². The molecule has 5 nitrogen and oxygen atoms in total. The lowest BCUT2D eigenvalue weighted by molar-refractivity contribution is -0.208. The van der Waals surface area contributed by atoms with Crippen LogP contribution < -0.4 is 0 Å². The van der Waals surface area contributed by atoms with Crippen molar-refractivity contribution in [2.75, 3.05) is 0 Å². The highest BCUT2D eigenvalue weighted by Crippen LogP contribution is 2.47. The van der Waals surface area contributed by atoms with E-state index in [1.165, 1.54) is 0 Å². The number of aliphatic hydroxyl groups excluding tert-OH is 1. The zero-order valence-corrected chi connectivity index (χ0v) is 18.7. The smallest absolute Gasteiger partial charge is 0.134 e. The molecule has 2 fully saturated rings. The van der Waals surface area contributed by atoms with Crippen molar-refractivity contribution < 1.29 is 24.2 Å². The first-order valence-corrected chi connectivity index (χ1v) is 11.5. The predicted octanol–water partition coefficient (Wildman–Crippen LogP) is 3.97. The molecule has 0 amide bonds. The van der Waals surface area contributed by atoms with Crippen molar-refractivity contribution in [1.82, 2.24) is 0 Å². The molecule has 0 saturated heterocycles. The van der Waals surface area contributed by atoms with E-state index < -0.39 is 18.1 Å². The van der Waals surface area contributed by atoms with Gasteiger partial charge in [-0.05, 0) is 18.1 Å². The largest absolute Gasteiger partial charge is 0.390 e. The Bertz CT molecular complexity index is 912. The number of benzene rings is 2. The fourth-order valence-electron chi connectivity index (χ4n) is 5.54. The zero-order chi connectivity index (χ0) is 22.7. The van der Waals surface area contributed by atoms with Gasteiger partial charge < -0.3 is 14.6 Å². The van der Waals surface area contributed by atoms with Crippen LogP contribution in [0.25, 0.3) is 0 Å². The molecule has 2 aliphatic rings. The second kappa shape index (κ2) is 10.1. The Kier molecular flexibility index (Phi) is 7.19. The molecule has 0 radical (unpaired) electrons. The van der Waals surface area contributed by atoms with Crippen LogP contribution in [0, 0.1) is 23.7 Å². The van der Waals surface area contributed by atoms with E-state index in [4.69, 9.17) is 9.47 Å². The van der Waals surface area contributed by atoms with Gasteiger partial charge in [0.2, 0.25) is 0 Å². The summed E-state index contributed by atoms with van der Waals surface area (Å²) in [6, 6.07) is 19.8. The lowest BCUT2D eigenvalue weighted by atomic mass is 9.58. The van der Waals surface area contributed by atoms with Gasteiger partial charge in [0.1, 0.15) is 11.6 Å². The first-order valence-electron chi connectivity index (χ1n) is 11.5. The molecule has 0 heterocycles. The molecule has 0 aromatic heterocycles. The Balaban J connectivity index is 1.59. The molecule has 0 aliphatic heterocycles. The minimum atomic E-state index is -0.818. The molecule has 0 unspecified atom stereocenters. The van der Waals surface area contributed by atoms with E-state index in [0.29, 0.717) is 13.2 Å². The third-order valence-corrected chi connectivity index (χ3v) is 7.15. The SMILES string of the molecule is CC(=O)[C@@H]1CC(=O)C[C@H]2[C@@H](O)[C@H](OCc3ccccc3)[C@H](C)[C@@H](OCc3ccccc3)[C@H]21. The quantitative estimate of drug-likeness (QED) is 0.711. The Morgan fingerprint density at radius 3 is 1.97 bits per heavy atom. The number of carbonyl (C=O) groups is 2. The first-order chi connectivity index (χ1) is 15.5. The van der Waals surface area contributed by atoms with E-state index in [0.717, 1.165) is 11.1 Å². The average molecular weight is 437 g/mol. The number of hydrogen-bond acceptors (Lipinski definition) is 5.